The SMILES string of the molecule is CCCC1=C2CCCC2=CC(Cl)N1. The fourth-order valence-electron chi connectivity index (χ4n) is 2.24. The van der Waals surface area contributed by atoms with E-state index < -0.39 is 0 Å². The van der Waals surface area contributed by atoms with Crippen molar-refractivity contribution in [2.75, 3.05) is 0 Å². The first-order chi connectivity index (χ1) is 6.31. The van der Waals surface area contributed by atoms with Crippen LogP contribution in [0.15, 0.2) is 22.9 Å². The summed E-state index contributed by atoms with van der Waals surface area (Å²) in [6.45, 7) is 2.21. The summed E-state index contributed by atoms with van der Waals surface area (Å²) in [6.07, 6.45) is 8.30. The summed E-state index contributed by atoms with van der Waals surface area (Å²) >= 11 is 6.09. The maximum Gasteiger partial charge on any atom is 0.120 e. The molecule has 13 heavy (non-hydrogen) atoms. The normalized spacial score (nSPS) is 26.9. The lowest BCUT2D eigenvalue weighted by molar-refractivity contribution is 0.725. The van der Waals surface area contributed by atoms with Gasteiger partial charge in [0.05, 0.1) is 0 Å². The first-order valence-corrected chi connectivity index (χ1v) is 5.58. The maximum absolute atomic E-state index is 6.09. The minimum absolute atomic E-state index is 0.0263. The predicted octanol–water partition coefficient (Wildman–Crippen LogP) is 3.32. The molecule has 0 spiro atoms. The average Bonchev–Trinajstić information content (AvgIpc) is 2.52. The quantitative estimate of drug-likeness (QED) is 0.529. The third-order valence-corrected chi connectivity index (χ3v) is 3.02. The summed E-state index contributed by atoms with van der Waals surface area (Å²) in [5.41, 5.74) is 4.48. The average molecular weight is 198 g/mol. The van der Waals surface area contributed by atoms with Crippen LogP contribution in [0.3, 0.4) is 0 Å². The van der Waals surface area contributed by atoms with Crippen LogP contribution in [0.5, 0.6) is 0 Å². The molecule has 1 aliphatic carbocycles. The van der Waals surface area contributed by atoms with Crippen molar-refractivity contribution in [3.05, 3.63) is 22.9 Å². The summed E-state index contributed by atoms with van der Waals surface area (Å²) in [5.74, 6) is 0. The zero-order valence-corrected chi connectivity index (χ0v) is 8.82. The molecule has 2 heteroatoms. The molecule has 0 aromatic carbocycles. The molecule has 0 aromatic heterocycles. The van der Waals surface area contributed by atoms with E-state index in [4.69, 9.17) is 11.6 Å². The monoisotopic (exact) mass is 197 g/mol. The molecule has 1 heterocycles. The highest BCUT2D eigenvalue weighted by atomic mass is 35.5. The van der Waals surface area contributed by atoms with E-state index in [0.29, 0.717) is 0 Å². The number of fused-ring (bicyclic) bond motifs is 1. The van der Waals surface area contributed by atoms with Crippen LogP contribution >= 0.6 is 11.6 Å². The van der Waals surface area contributed by atoms with Gasteiger partial charge in [-0.05, 0) is 42.9 Å². The molecule has 1 atom stereocenters. The van der Waals surface area contributed by atoms with Gasteiger partial charge in [0.1, 0.15) is 5.50 Å². The topological polar surface area (TPSA) is 12.0 Å². The van der Waals surface area contributed by atoms with Gasteiger partial charge in [-0.1, -0.05) is 24.9 Å². The largest absolute Gasteiger partial charge is 0.369 e. The lowest BCUT2D eigenvalue weighted by Gasteiger charge is -2.22. The fraction of sp³-hybridized carbons (Fsp3) is 0.636. The summed E-state index contributed by atoms with van der Waals surface area (Å²) in [4.78, 5) is 0. The Hall–Kier alpha value is -0.430. The molecule has 1 nitrogen and oxygen atoms in total. The Balaban J connectivity index is 2.25. The number of allylic oxidation sites excluding steroid dienone is 3. The molecular weight excluding hydrogens is 182 g/mol. The van der Waals surface area contributed by atoms with Crippen LogP contribution < -0.4 is 5.32 Å². The van der Waals surface area contributed by atoms with Crippen molar-refractivity contribution in [3.63, 3.8) is 0 Å². The minimum Gasteiger partial charge on any atom is -0.369 e. The van der Waals surface area contributed by atoms with Crippen LogP contribution in [0, 0.1) is 0 Å². The van der Waals surface area contributed by atoms with Crippen LogP contribution in [0.4, 0.5) is 0 Å². The second-order valence-electron chi connectivity index (χ2n) is 3.80. The molecule has 2 aliphatic rings. The smallest absolute Gasteiger partial charge is 0.120 e. The molecule has 0 amide bonds. The van der Waals surface area contributed by atoms with Crippen molar-refractivity contribution in [2.24, 2.45) is 0 Å². The molecule has 1 aliphatic heterocycles. The van der Waals surface area contributed by atoms with Crippen molar-refractivity contribution in [1.29, 1.82) is 0 Å². The van der Waals surface area contributed by atoms with Gasteiger partial charge >= 0.3 is 0 Å². The van der Waals surface area contributed by atoms with E-state index in [1.54, 1.807) is 5.57 Å². The molecule has 1 saturated carbocycles. The van der Waals surface area contributed by atoms with Gasteiger partial charge in [-0.2, -0.15) is 0 Å². The molecule has 1 N–H and O–H groups in total. The Morgan fingerprint density at radius 2 is 2.38 bits per heavy atom. The molecule has 72 valence electrons. The Morgan fingerprint density at radius 3 is 3.15 bits per heavy atom. The highest BCUT2D eigenvalue weighted by Crippen LogP contribution is 2.36. The van der Waals surface area contributed by atoms with Crippen molar-refractivity contribution >= 4 is 11.6 Å². The minimum atomic E-state index is 0.0263. The second kappa shape index (κ2) is 3.75. The first kappa shape index (κ1) is 9.14. The second-order valence-corrected chi connectivity index (χ2v) is 4.27. The van der Waals surface area contributed by atoms with E-state index in [9.17, 15) is 0 Å². The van der Waals surface area contributed by atoms with E-state index >= 15 is 0 Å². The van der Waals surface area contributed by atoms with E-state index in [2.05, 4.69) is 18.3 Å². The molecule has 0 bridgehead atoms. The van der Waals surface area contributed by atoms with Gasteiger partial charge in [0.25, 0.3) is 0 Å². The lowest BCUT2D eigenvalue weighted by atomic mass is 10.0. The predicted molar refractivity (Wildman–Crippen MR) is 56.6 cm³/mol. The molecule has 0 aromatic rings. The van der Waals surface area contributed by atoms with Crippen LogP contribution in [0.1, 0.15) is 39.0 Å². The van der Waals surface area contributed by atoms with Crippen molar-refractivity contribution in [2.45, 2.75) is 44.5 Å². The van der Waals surface area contributed by atoms with Crippen molar-refractivity contribution < 1.29 is 0 Å². The first-order valence-electron chi connectivity index (χ1n) is 5.15. The molecule has 1 fully saturated rings. The van der Waals surface area contributed by atoms with E-state index in [1.165, 1.54) is 37.0 Å². The van der Waals surface area contributed by atoms with Gasteiger partial charge in [0.2, 0.25) is 0 Å². The molecule has 0 saturated heterocycles. The highest BCUT2D eigenvalue weighted by molar-refractivity contribution is 6.21. The number of hydrogen-bond acceptors (Lipinski definition) is 1. The van der Waals surface area contributed by atoms with Gasteiger partial charge in [-0.15, -0.1) is 0 Å². The summed E-state index contributed by atoms with van der Waals surface area (Å²) < 4.78 is 0. The van der Waals surface area contributed by atoms with Crippen LogP contribution in [-0.2, 0) is 0 Å². The number of hydrogen-bond donors (Lipinski definition) is 1. The van der Waals surface area contributed by atoms with Gasteiger partial charge in [-0.3, -0.25) is 0 Å². The van der Waals surface area contributed by atoms with Gasteiger partial charge in [0.15, 0.2) is 0 Å². The van der Waals surface area contributed by atoms with E-state index in [-0.39, 0.29) is 5.50 Å². The van der Waals surface area contributed by atoms with E-state index in [1.807, 2.05) is 0 Å². The lowest BCUT2D eigenvalue weighted by Crippen LogP contribution is -2.26. The standard InChI is InChI=1S/C11H16ClN/c1-2-4-10-9-6-3-5-8(9)7-11(12)13-10/h7,11,13H,2-6H2,1H3. The third kappa shape index (κ3) is 1.76. The number of rotatable bonds is 2. The summed E-state index contributed by atoms with van der Waals surface area (Å²) in [5, 5.41) is 3.36. The van der Waals surface area contributed by atoms with Crippen molar-refractivity contribution in [3.8, 4) is 0 Å². The van der Waals surface area contributed by atoms with Crippen LogP contribution in [0.25, 0.3) is 0 Å². The molecule has 0 radical (unpaired) electrons. The third-order valence-electron chi connectivity index (χ3n) is 2.78. The Morgan fingerprint density at radius 1 is 1.54 bits per heavy atom. The Kier molecular flexibility index (Phi) is 2.63. The molecule has 2 rings (SSSR count). The van der Waals surface area contributed by atoms with Crippen LogP contribution in [0.2, 0.25) is 0 Å². The maximum atomic E-state index is 6.09. The Labute approximate surface area is 84.9 Å². The number of alkyl halides is 1. The Bertz CT molecular complexity index is 265. The number of nitrogens with one attached hydrogen (secondary N) is 1. The number of halogens is 1. The summed E-state index contributed by atoms with van der Waals surface area (Å²) in [7, 11) is 0. The van der Waals surface area contributed by atoms with Crippen LogP contribution in [-0.4, -0.2) is 5.50 Å². The molecule has 1 unspecified atom stereocenters. The fourth-order valence-corrected chi connectivity index (χ4v) is 2.52. The summed E-state index contributed by atoms with van der Waals surface area (Å²) in [6, 6.07) is 0. The van der Waals surface area contributed by atoms with Gasteiger partial charge < -0.3 is 5.32 Å². The molecular formula is C11H16ClN. The van der Waals surface area contributed by atoms with E-state index in [0.717, 1.165) is 6.42 Å². The number of dihydropyridines is 1. The zero-order valence-electron chi connectivity index (χ0n) is 8.07. The van der Waals surface area contributed by atoms with Gasteiger partial charge in [0, 0.05) is 5.70 Å². The highest BCUT2D eigenvalue weighted by Gasteiger charge is 2.23. The van der Waals surface area contributed by atoms with Crippen molar-refractivity contribution in [1.82, 2.24) is 5.32 Å². The van der Waals surface area contributed by atoms with Gasteiger partial charge in [-0.25, -0.2) is 0 Å². The zero-order chi connectivity index (χ0) is 9.26.